The molecular formula is C9H7O3RbS. The molecule has 0 fully saturated rings. The van der Waals surface area contributed by atoms with Crippen LogP contribution in [0.2, 0.25) is 0 Å². The number of benzene rings is 1. The average molecular weight is 281 g/mol. The van der Waals surface area contributed by atoms with Crippen molar-refractivity contribution < 1.29 is 72.9 Å². The van der Waals surface area contributed by atoms with Gasteiger partial charge in [0, 0.05) is 5.56 Å². The fourth-order valence-electron chi connectivity index (χ4n) is 0.880. The fourth-order valence-corrected chi connectivity index (χ4v) is 1.02. The molecule has 0 aliphatic rings. The monoisotopic (exact) mass is 280 g/mol. The maximum atomic E-state index is 11.2. The van der Waals surface area contributed by atoms with Crippen LogP contribution < -0.4 is 63.3 Å². The molecule has 0 saturated heterocycles. The van der Waals surface area contributed by atoms with Crippen LogP contribution in [0.4, 0.5) is 0 Å². The topological polar surface area (TPSA) is 57.2 Å². The molecule has 0 radical (unpaired) electrons. The van der Waals surface area contributed by atoms with Gasteiger partial charge in [0.25, 0.3) is 0 Å². The van der Waals surface area contributed by atoms with E-state index < -0.39 is 5.12 Å². The van der Waals surface area contributed by atoms with E-state index in [1.54, 1.807) is 0 Å². The number of hydrogen-bond acceptors (Lipinski definition) is 3. The van der Waals surface area contributed by atoms with Crippen LogP contribution in [0.1, 0.15) is 16.8 Å². The van der Waals surface area contributed by atoms with Crippen molar-refractivity contribution in [2.75, 3.05) is 0 Å². The fraction of sp³-hybridized carbons (Fsp3) is 0.111. The van der Waals surface area contributed by atoms with Gasteiger partial charge >= 0.3 is 58.2 Å². The van der Waals surface area contributed by atoms with Crippen molar-refractivity contribution in [3.8, 4) is 5.75 Å². The van der Waals surface area contributed by atoms with E-state index in [0.717, 1.165) is 0 Å². The quantitative estimate of drug-likeness (QED) is 0.388. The number of thiol groups is 1. The second kappa shape index (κ2) is 6.90. The first-order valence-electron chi connectivity index (χ1n) is 3.61. The number of rotatable bonds is 3. The van der Waals surface area contributed by atoms with Crippen LogP contribution in [-0.2, 0) is 4.79 Å². The normalized spacial score (nSPS) is 8.93. The van der Waals surface area contributed by atoms with Crippen molar-refractivity contribution in [1.82, 2.24) is 0 Å². The minimum absolute atomic E-state index is 0. The molecule has 0 bridgehead atoms. The van der Waals surface area contributed by atoms with Crippen molar-refractivity contribution in [3.05, 3.63) is 29.8 Å². The van der Waals surface area contributed by atoms with Gasteiger partial charge in [-0.05, 0) is 0 Å². The average Bonchev–Trinajstić information content (AvgIpc) is 2.04. The van der Waals surface area contributed by atoms with Crippen molar-refractivity contribution in [2.24, 2.45) is 0 Å². The zero-order valence-corrected chi connectivity index (χ0v) is 13.5. The molecule has 0 amide bonds. The SMILES string of the molecule is O=C(S)CC(=O)c1ccc([O-])cc1.[Rb+]. The Kier molecular flexibility index (Phi) is 7.15. The maximum Gasteiger partial charge on any atom is 1.00 e. The summed E-state index contributed by atoms with van der Waals surface area (Å²) in [6.45, 7) is 0. The van der Waals surface area contributed by atoms with Gasteiger partial charge in [0.15, 0.2) is 10.9 Å². The van der Waals surface area contributed by atoms with Crippen LogP contribution >= 0.6 is 12.6 Å². The largest absolute Gasteiger partial charge is 1.00 e. The molecule has 1 aromatic rings. The number of hydrogen-bond donors (Lipinski definition) is 1. The van der Waals surface area contributed by atoms with E-state index in [9.17, 15) is 14.7 Å². The van der Waals surface area contributed by atoms with Gasteiger partial charge in [0.05, 0.1) is 6.42 Å². The predicted octanol–water partition coefficient (Wildman–Crippen LogP) is -2.21. The van der Waals surface area contributed by atoms with Gasteiger partial charge in [-0.3, -0.25) is 9.59 Å². The zero-order valence-electron chi connectivity index (χ0n) is 7.69. The number of carbonyl (C=O) groups excluding carboxylic acids is 2. The van der Waals surface area contributed by atoms with Crippen LogP contribution in [-0.4, -0.2) is 10.9 Å². The molecular weight excluding hydrogens is 274 g/mol. The van der Waals surface area contributed by atoms with Gasteiger partial charge in [-0.1, -0.05) is 24.3 Å². The summed E-state index contributed by atoms with van der Waals surface area (Å²) in [6.07, 6.45) is -0.235. The maximum absolute atomic E-state index is 11.2. The van der Waals surface area contributed by atoms with Gasteiger partial charge < -0.3 is 5.11 Å². The Morgan fingerprint density at radius 1 is 1.21 bits per heavy atom. The first kappa shape index (κ1) is 14.5. The Hall–Kier alpha value is 0.515. The van der Waals surface area contributed by atoms with Crippen LogP contribution in [0.5, 0.6) is 5.75 Å². The first-order valence-corrected chi connectivity index (χ1v) is 4.06. The Labute approximate surface area is 136 Å². The molecule has 0 unspecified atom stereocenters. The Morgan fingerprint density at radius 2 is 1.71 bits per heavy atom. The van der Waals surface area contributed by atoms with Crippen LogP contribution in [0, 0.1) is 0 Å². The van der Waals surface area contributed by atoms with Gasteiger partial charge in [0.1, 0.15) is 0 Å². The van der Waals surface area contributed by atoms with Gasteiger partial charge in [-0.2, -0.15) is 0 Å². The summed E-state index contributed by atoms with van der Waals surface area (Å²) in [7, 11) is 0. The first-order chi connectivity index (χ1) is 6.09. The van der Waals surface area contributed by atoms with Crippen molar-refractivity contribution >= 4 is 23.5 Å². The summed E-state index contributed by atoms with van der Waals surface area (Å²) in [4.78, 5) is 21.7. The minimum Gasteiger partial charge on any atom is -0.872 e. The van der Waals surface area contributed by atoms with Crippen LogP contribution in [0.25, 0.3) is 0 Å². The van der Waals surface area contributed by atoms with Gasteiger partial charge in [-0.25, -0.2) is 0 Å². The molecule has 0 spiro atoms. The van der Waals surface area contributed by atoms with E-state index in [1.807, 2.05) is 0 Å². The summed E-state index contributed by atoms with van der Waals surface area (Å²) in [6, 6.07) is 5.38. The standard InChI is InChI=1S/C9H8O3S.Rb/c10-7-3-1-6(2-4-7)8(11)5-9(12)13;/h1-4,10H,5H2,(H,12,13);/q;+1/p-1. The summed E-state index contributed by atoms with van der Waals surface area (Å²) in [5.41, 5.74) is 0.363. The summed E-state index contributed by atoms with van der Waals surface area (Å²) < 4.78 is 0. The third-order valence-electron chi connectivity index (χ3n) is 1.49. The molecule has 3 nitrogen and oxygen atoms in total. The van der Waals surface area contributed by atoms with E-state index >= 15 is 0 Å². The Balaban J connectivity index is 0.00000169. The van der Waals surface area contributed by atoms with Crippen LogP contribution in [0.15, 0.2) is 24.3 Å². The van der Waals surface area contributed by atoms with Crippen molar-refractivity contribution in [3.63, 3.8) is 0 Å². The second-order valence-corrected chi connectivity index (χ2v) is 3.02. The molecule has 68 valence electrons. The molecule has 14 heavy (non-hydrogen) atoms. The molecule has 0 heterocycles. The third-order valence-corrected chi connectivity index (χ3v) is 1.65. The molecule has 1 rings (SSSR count). The summed E-state index contributed by atoms with van der Waals surface area (Å²) in [5.74, 6) is -0.478. The summed E-state index contributed by atoms with van der Waals surface area (Å²) >= 11 is 3.49. The van der Waals surface area contributed by atoms with E-state index in [1.165, 1.54) is 24.3 Å². The van der Waals surface area contributed by atoms with Crippen molar-refractivity contribution in [2.45, 2.75) is 6.42 Å². The Morgan fingerprint density at radius 3 is 2.14 bits per heavy atom. The van der Waals surface area contributed by atoms with Crippen molar-refractivity contribution in [1.29, 1.82) is 0 Å². The number of carbonyl (C=O) groups is 2. The second-order valence-electron chi connectivity index (χ2n) is 2.52. The molecule has 0 saturated carbocycles. The molecule has 0 atom stereocenters. The van der Waals surface area contributed by atoms with Crippen LogP contribution in [0.3, 0.4) is 0 Å². The van der Waals surface area contributed by atoms with E-state index in [0.29, 0.717) is 5.56 Å². The molecule has 0 aliphatic carbocycles. The minimum atomic E-state index is -0.476. The molecule has 0 aliphatic heterocycles. The summed E-state index contributed by atoms with van der Waals surface area (Å²) in [5, 5.41) is 10.2. The molecule has 0 aromatic heterocycles. The Bertz CT molecular complexity index is 334. The smallest absolute Gasteiger partial charge is 0.872 e. The molecule has 0 N–H and O–H groups in total. The van der Waals surface area contributed by atoms with E-state index in [2.05, 4.69) is 12.6 Å². The zero-order chi connectivity index (χ0) is 9.84. The number of Topliss-reactive ketones (excluding diaryl/α,β-unsaturated/α-hetero) is 1. The number of ketones is 1. The van der Waals surface area contributed by atoms with E-state index in [-0.39, 0.29) is 76.1 Å². The van der Waals surface area contributed by atoms with Gasteiger partial charge in [0.2, 0.25) is 0 Å². The molecule has 1 aromatic carbocycles. The molecule has 5 heteroatoms. The van der Waals surface area contributed by atoms with Gasteiger partial charge in [-0.15, -0.1) is 18.4 Å². The third kappa shape index (κ3) is 4.84. The predicted molar refractivity (Wildman–Crippen MR) is 48.8 cm³/mol. The van der Waals surface area contributed by atoms with E-state index in [4.69, 9.17) is 0 Å².